The third-order valence-electron chi connectivity index (χ3n) is 4.23. The summed E-state index contributed by atoms with van der Waals surface area (Å²) in [7, 11) is -4.16. The van der Waals surface area contributed by atoms with Gasteiger partial charge in [0.1, 0.15) is 0 Å². The van der Waals surface area contributed by atoms with E-state index in [9.17, 15) is 13.0 Å². The summed E-state index contributed by atoms with van der Waals surface area (Å²) < 4.78 is 34.2. The molecule has 0 aliphatic carbocycles. The number of hydrogen-bond donors (Lipinski definition) is 0. The van der Waals surface area contributed by atoms with E-state index in [1.807, 2.05) is 28.8 Å². The summed E-state index contributed by atoms with van der Waals surface area (Å²) in [5.74, 6) is -0.339. The number of benzene rings is 1. The van der Waals surface area contributed by atoms with Gasteiger partial charge in [0.05, 0.1) is 38.5 Å². The second kappa shape index (κ2) is 7.58. The van der Waals surface area contributed by atoms with Crippen molar-refractivity contribution in [3.8, 4) is 0 Å². The van der Waals surface area contributed by atoms with Crippen LogP contribution in [-0.2, 0) is 16.7 Å². The van der Waals surface area contributed by atoms with Gasteiger partial charge < -0.3 is 9.12 Å². The van der Waals surface area contributed by atoms with Crippen molar-refractivity contribution in [1.29, 1.82) is 0 Å². The molecular weight excluding hydrogens is 363 g/mol. The normalized spacial score (nSPS) is 11.9. The number of imidazole rings is 1. The second-order valence-electron chi connectivity index (χ2n) is 5.90. The Balaban J connectivity index is 0.00000196. The van der Waals surface area contributed by atoms with E-state index in [0.717, 1.165) is 32.8 Å². The Hall–Kier alpha value is -1.58. The molecule has 0 aliphatic rings. The molecule has 4 aromatic rings. The van der Waals surface area contributed by atoms with Crippen molar-refractivity contribution < 1.29 is 42.5 Å². The summed E-state index contributed by atoms with van der Waals surface area (Å²) in [6, 6.07) is 7.70. The van der Waals surface area contributed by atoms with Crippen molar-refractivity contribution in [3.05, 3.63) is 43.0 Å². The third-order valence-corrected chi connectivity index (χ3v) is 5.02. The first-order valence-corrected chi connectivity index (χ1v) is 9.52. The van der Waals surface area contributed by atoms with Crippen molar-refractivity contribution in [1.82, 2.24) is 19.5 Å². The molecule has 0 unspecified atom stereocenters. The van der Waals surface area contributed by atoms with Gasteiger partial charge in [0.25, 0.3) is 0 Å². The molecular formula is C17H15N4NaO3S. The Labute approximate surface area is 172 Å². The molecule has 0 saturated heterocycles. The average molecular weight is 378 g/mol. The van der Waals surface area contributed by atoms with Crippen LogP contribution in [0, 0.1) is 0 Å². The molecule has 0 fully saturated rings. The molecule has 0 aliphatic heterocycles. The molecule has 128 valence electrons. The summed E-state index contributed by atoms with van der Waals surface area (Å²) >= 11 is 0. The minimum Gasteiger partial charge on any atom is -0.748 e. The predicted molar refractivity (Wildman–Crippen MR) is 94.1 cm³/mol. The fourth-order valence-electron chi connectivity index (χ4n) is 3.16. The van der Waals surface area contributed by atoms with E-state index < -0.39 is 10.1 Å². The van der Waals surface area contributed by atoms with E-state index in [1.54, 1.807) is 18.7 Å². The monoisotopic (exact) mass is 378 g/mol. The number of unbranched alkanes of at least 4 members (excludes halogenated alkanes) is 1. The van der Waals surface area contributed by atoms with Crippen LogP contribution in [0.25, 0.3) is 32.8 Å². The van der Waals surface area contributed by atoms with E-state index in [0.29, 0.717) is 19.4 Å². The number of rotatable bonds is 5. The zero-order valence-electron chi connectivity index (χ0n) is 14.3. The van der Waals surface area contributed by atoms with Gasteiger partial charge in [0.2, 0.25) is 0 Å². The van der Waals surface area contributed by atoms with Gasteiger partial charge in [-0.1, -0.05) is 0 Å². The Morgan fingerprint density at radius 2 is 1.58 bits per heavy atom. The molecule has 7 nitrogen and oxygen atoms in total. The summed E-state index contributed by atoms with van der Waals surface area (Å²) in [5.41, 5.74) is 3.43. The SMILES string of the molecule is O=S(=O)([O-])CCCCn1cnc2c3cccnc3c3ncccc3c21.[Na+]. The van der Waals surface area contributed by atoms with Crippen molar-refractivity contribution in [2.45, 2.75) is 19.4 Å². The van der Waals surface area contributed by atoms with Crippen LogP contribution in [0.5, 0.6) is 0 Å². The summed E-state index contributed by atoms with van der Waals surface area (Å²) in [4.78, 5) is 13.5. The summed E-state index contributed by atoms with van der Waals surface area (Å²) in [6.07, 6.45) is 6.14. The molecule has 0 saturated carbocycles. The molecule has 0 atom stereocenters. The first kappa shape index (κ1) is 19.2. The number of fused-ring (bicyclic) bond motifs is 6. The van der Waals surface area contributed by atoms with Crippen LogP contribution in [0.3, 0.4) is 0 Å². The molecule has 1 aromatic carbocycles. The molecule has 26 heavy (non-hydrogen) atoms. The first-order valence-electron chi connectivity index (χ1n) is 7.94. The molecule has 3 aromatic heterocycles. The van der Waals surface area contributed by atoms with Gasteiger partial charge in [-0.15, -0.1) is 0 Å². The Morgan fingerprint density at radius 1 is 0.923 bits per heavy atom. The van der Waals surface area contributed by atoms with E-state index in [-0.39, 0.29) is 35.3 Å². The van der Waals surface area contributed by atoms with Crippen LogP contribution in [0.2, 0.25) is 0 Å². The minimum atomic E-state index is -4.16. The average Bonchev–Trinajstić information content (AvgIpc) is 3.03. The molecule has 0 radical (unpaired) electrons. The van der Waals surface area contributed by atoms with Gasteiger partial charge in [0.15, 0.2) is 0 Å². The third kappa shape index (κ3) is 3.60. The van der Waals surface area contributed by atoms with Gasteiger partial charge in [-0.3, -0.25) is 9.97 Å². The number of hydrogen-bond acceptors (Lipinski definition) is 6. The molecule has 0 N–H and O–H groups in total. The zero-order chi connectivity index (χ0) is 17.4. The predicted octanol–water partition coefficient (Wildman–Crippen LogP) is -0.538. The Kier molecular flexibility index (Phi) is 5.59. The Morgan fingerprint density at radius 3 is 2.27 bits per heavy atom. The zero-order valence-corrected chi connectivity index (χ0v) is 17.1. The van der Waals surface area contributed by atoms with Gasteiger partial charge in [0, 0.05) is 35.5 Å². The Bertz CT molecular complexity index is 1190. The molecule has 0 spiro atoms. The summed E-state index contributed by atoms with van der Waals surface area (Å²) in [6.45, 7) is 0.585. The maximum atomic E-state index is 10.7. The van der Waals surface area contributed by atoms with Gasteiger partial charge in [-0.2, -0.15) is 0 Å². The number of pyridine rings is 2. The van der Waals surface area contributed by atoms with Crippen molar-refractivity contribution >= 4 is 43.0 Å². The first-order chi connectivity index (χ1) is 12.0. The van der Waals surface area contributed by atoms with Crippen LogP contribution in [0.1, 0.15) is 12.8 Å². The van der Waals surface area contributed by atoms with Crippen LogP contribution in [-0.4, -0.2) is 38.2 Å². The molecule has 3 heterocycles. The number of aryl methyl sites for hydroxylation is 1. The smallest absolute Gasteiger partial charge is 0.748 e. The quantitative estimate of drug-likeness (QED) is 0.200. The van der Waals surface area contributed by atoms with Crippen molar-refractivity contribution in [2.24, 2.45) is 0 Å². The van der Waals surface area contributed by atoms with E-state index in [2.05, 4.69) is 15.0 Å². The molecule has 4 rings (SSSR count). The van der Waals surface area contributed by atoms with E-state index in [4.69, 9.17) is 0 Å². The van der Waals surface area contributed by atoms with Crippen LogP contribution >= 0.6 is 0 Å². The minimum absolute atomic E-state index is 0. The summed E-state index contributed by atoms with van der Waals surface area (Å²) in [5, 5.41) is 1.89. The molecule has 0 bridgehead atoms. The van der Waals surface area contributed by atoms with Crippen molar-refractivity contribution in [2.75, 3.05) is 5.75 Å². The van der Waals surface area contributed by atoms with E-state index in [1.165, 1.54) is 0 Å². The maximum absolute atomic E-state index is 10.7. The fraction of sp³-hybridized carbons (Fsp3) is 0.235. The van der Waals surface area contributed by atoms with Gasteiger partial charge in [-0.05, 0) is 37.1 Å². The largest absolute Gasteiger partial charge is 1.00 e. The molecule has 0 amide bonds. The fourth-order valence-corrected chi connectivity index (χ4v) is 3.72. The van der Waals surface area contributed by atoms with Gasteiger partial charge >= 0.3 is 29.6 Å². The number of nitrogens with zero attached hydrogens (tertiary/aromatic N) is 4. The maximum Gasteiger partial charge on any atom is 1.00 e. The topological polar surface area (TPSA) is 101 Å². The van der Waals surface area contributed by atoms with E-state index >= 15 is 0 Å². The second-order valence-corrected chi connectivity index (χ2v) is 7.43. The van der Waals surface area contributed by atoms with Crippen LogP contribution in [0.4, 0.5) is 0 Å². The van der Waals surface area contributed by atoms with Crippen molar-refractivity contribution in [3.63, 3.8) is 0 Å². The molecule has 9 heteroatoms. The van der Waals surface area contributed by atoms with Crippen LogP contribution in [0.15, 0.2) is 43.0 Å². The van der Waals surface area contributed by atoms with Gasteiger partial charge in [-0.25, -0.2) is 13.4 Å². The number of aromatic nitrogens is 4. The standard InChI is InChI=1S/C17H16N4O3S.Na/c22-25(23,24)10-2-1-9-21-11-20-16-12-5-3-7-18-14(12)15-13(17(16)21)6-4-8-19-15;/h3-8,11H,1-2,9-10H2,(H,22,23,24);/q;+1/p-1. The van der Waals surface area contributed by atoms with Crippen LogP contribution < -0.4 is 29.6 Å².